The molecule has 17 heavy (non-hydrogen) atoms. The molecule has 0 unspecified atom stereocenters. The predicted octanol–water partition coefficient (Wildman–Crippen LogP) is 2.45. The Balaban J connectivity index is 2.07. The molecule has 0 radical (unpaired) electrons. The first-order chi connectivity index (χ1) is 8.08. The molecule has 0 spiro atoms. The molecule has 1 aromatic rings. The standard InChI is InChI=1S/C11H12BrNO3S/c12-9-4-3-8(17-9)10(14)13-5-1-2-7(6-13)11(15)16/h3-4,7H,1-2,5-6H2,(H,15,16)/t7-/m0/s1. The van der Waals surface area contributed by atoms with Crippen LogP contribution in [-0.2, 0) is 4.79 Å². The number of carbonyl (C=O) groups excluding carboxylic acids is 1. The summed E-state index contributed by atoms with van der Waals surface area (Å²) in [7, 11) is 0. The molecule has 1 saturated heterocycles. The zero-order valence-corrected chi connectivity index (χ0v) is 11.5. The topological polar surface area (TPSA) is 57.6 Å². The molecule has 1 aliphatic rings. The number of hydrogen-bond donors (Lipinski definition) is 1. The second-order valence-electron chi connectivity index (χ2n) is 4.03. The summed E-state index contributed by atoms with van der Waals surface area (Å²) >= 11 is 4.69. The van der Waals surface area contributed by atoms with Gasteiger partial charge < -0.3 is 10.0 Å². The maximum atomic E-state index is 12.1. The molecular weight excluding hydrogens is 306 g/mol. The molecule has 2 heterocycles. The van der Waals surface area contributed by atoms with Crippen molar-refractivity contribution in [1.29, 1.82) is 0 Å². The molecule has 6 heteroatoms. The zero-order valence-electron chi connectivity index (χ0n) is 9.06. The van der Waals surface area contributed by atoms with E-state index in [4.69, 9.17) is 5.11 Å². The number of halogens is 1. The monoisotopic (exact) mass is 317 g/mol. The molecule has 0 saturated carbocycles. The Bertz CT molecular complexity index is 446. The first-order valence-corrected chi connectivity index (χ1v) is 6.96. The molecule has 1 aliphatic heterocycles. The van der Waals surface area contributed by atoms with Crippen molar-refractivity contribution < 1.29 is 14.7 Å². The highest BCUT2D eigenvalue weighted by molar-refractivity contribution is 9.11. The number of likely N-dealkylation sites (tertiary alicyclic amines) is 1. The molecular formula is C11H12BrNO3S. The number of aliphatic carboxylic acids is 1. The summed E-state index contributed by atoms with van der Waals surface area (Å²) in [5.41, 5.74) is 0. The highest BCUT2D eigenvalue weighted by Crippen LogP contribution is 2.25. The summed E-state index contributed by atoms with van der Waals surface area (Å²) in [5, 5.41) is 8.97. The molecule has 4 nitrogen and oxygen atoms in total. The third-order valence-electron chi connectivity index (χ3n) is 2.84. The van der Waals surface area contributed by atoms with E-state index in [1.54, 1.807) is 11.0 Å². The summed E-state index contributed by atoms with van der Waals surface area (Å²) in [6.45, 7) is 0.974. The van der Waals surface area contributed by atoms with Gasteiger partial charge in [-0.3, -0.25) is 9.59 Å². The lowest BCUT2D eigenvalue weighted by molar-refractivity contribution is -0.143. The second-order valence-corrected chi connectivity index (χ2v) is 6.50. The van der Waals surface area contributed by atoms with Crippen LogP contribution >= 0.6 is 27.3 Å². The van der Waals surface area contributed by atoms with E-state index in [-0.39, 0.29) is 5.91 Å². The Morgan fingerprint density at radius 1 is 1.47 bits per heavy atom. The van der Waals surface area contributed by atoms with Crippen LogP contribution in [0.2, 0.25) is 0 Å². The van der Waals surface area contributed by atoms with Gasteiger partial charge in [-0.15, -0.1) is 11.3 Å². The number of piperidine rings is 1. The summed E-state index contributed by atoms with van der Waals surface area (Å²) in [6.07, 6.45) is 1.42. The SMILES string of the molecule is O=C(O)[C@H]1CCCN(C(=O)c2ccc(Br)s2)C1. The first kappa shape index (κ1) is 12.6. The number of carboxylic acid groups (broad SMARTS) is 1. The van der Waals surface area contributed by atoms with Crippen molar-refractivity contribution in [2.75, 3.05) is 13.1 Å². The van der Waals surface area contributed by atoms with E-state index in [9.17, 15) is 9.59 Å². The third kappa shape index (κ3) is 2.87. The van der Waals surface area contributed by atoms with Gasteiger partial charge in [0, 0.05) is 13.1 Å². The van der Waals surface area contributed by atoms with Gasteiger partial charge in [0.2, 0.25) is 0 Å². The lowest BCUT2D eigenvalue weighted by Crippen LogP contribution is -2.42. The van der Waals surface area contributed by atoms with Gasteiger partial charge in [-0.2, -0.15) is 0 Å². The smallest absolute Gasteiger partial charge is 0.308 e. The Morgan fingerprint density at radius 2 is 2.24 bits per heavy atom. The van der Waals surface area contributed by atoms with E-state index in [0.29, 0.717) is 24.4 Å². The summed E-state index contributed by atoms with van der Waals surface area (Å²) in [6, 6.07) is 3.60. The van der Waals surface area contributed by atoms with Gasteiger partial charge in [-0.05, 0) is 40.9 Å². The van der Waals surface area contributed by atoms with Gasteiger partial charge in [0.25, 0.3) is 5.91 Å². The van der Waals surface area contributed by atoms with Crippen LogP contribution in [0.3, 0.4) is 0 Å². The highest BCUT2D eigenvalue weighted by atomic mass is 79.9. The molecule has 1 aromatic heterocycles. The van der Waals surface area contributed by atoms with E-state index < -0.39 is 11.9 Å². The normalized spacial score (nSPS) is 20.3. The predicted molar refractivity (Wildman–Crippen MR) is 68.3 cm³/mol. The minimum atomic E-state index is -0.810. The van der Waals surface area contributed by atoms with E-state index in [1.165, 1.54) is 11.3 Å². The Kier molecular flexibility index (Phi) is 3.83. The van der Waals surface area contributed by atoms with Gasteiger partial charge in [0.15, 0.2) is 0 Å². The Hall–Kier alpha value is -0.880. The number of nitrogens with zero attached hydrogens (tertiary/aromatic N) is 1. The Labute approximate surface area is 111 Å². The van der Waals surface area contributed by atoms with Crippen molar-refractivity contribution in [3.05, 3.63) is 20.8 Å². The van der Waals surface area contributed by atoms with Gasteiger partial charge in [-0.1, -0.05) is 0 Å². The fourth-order valence-corrected chi connectivity index (χ4v) is 3.30. The lowest BCUT2D eigenvalue weighted by Gasteiger charge is -2.30. The van der Waals surface area contributed by atoms with Crippen LogP contribution in [0.25, 0.3) is 0 Å². The highest BCUT2D eigenvalue weighted by Gasteiger charge is 2.29. The summed E-state index contributed by atoms with van der Waals surface area (Å²) < 4.78 is 0.910. The molecule has 92 valence electrons. The van der Waals surface area contributed by atoms with Gasteiger partial charge in [0.05, 0.1) is 14.6 Å². The van der Waals surface area contributed by atoms with E-state index >= 15 is 0 Å². The molecule has 0 aliphatic carbocycles. The van der Waals surface area contributed by atoms with E-state index in [1.807, 2.05) is 6.07 Å². The molecule has 2 rings (SSSR count). The molecule has 1 atom stereocenters. The Morgan fingerprint density at radius 3 is 2.82 bits per heavy atom. The fraction of sp³-hybridized carbons (Fsp3) is 0.455. The van der Waals surface area contributed by atoms with Crippen molar-refractivity contribution in [2.45, 2.75) is 12.8 Å². The van der Waals surface area contributed by atoms with Gasteiger partial charge in [-0.25, -0.2) is 0 Å². The van der Waals surface area contributed by atoms with Crippen LogP contribution in [0.1, 0.15) is 22.5 Å². The van der Waals surface area contributed by atoms with E-state index in [0.717, 1.165) is 10.2 Å². The minimum absolute atomic E-state index is 0.0633. The average molecular weight is 318 g/mol. The number of carbonyl (C=O) groups is 2. The molecule has 0 bridgehead atoms. The molecule has 0 aromatic carbocycles. The van der Waals surface area contributed by atoms with Crippen molar-refractivity contribution in [1.82, 2.24) is 4.90 Å². The average Bonchev–Trinajstić information content (AvgIpc) is 2.75. The third-order valence-corrected chi connectivity index (χ3v) is 4.45. The number of thiophene rings is 1. The zero-order chi connectivity index (χ0) is 12.4. The fourth-order valence-electron chi connectivity index (χ4n) is 1.95. The van der Waals surface area contributed by atoms with Crippen LogP contribution in [0.5, 0.6) is 0 Å². The van der Waals surface area contributed by atoms with Crippen LogP contribution in [0, 0.1) is 5.92 Å². The largest absolute Gasteiger partial charge is 0.481 e. The number of amides is 1. The van der Waals surface area contributed by atoms with E-state index in [2.05, 4.69) is 15.9 Å². The first-order valence-electron chi connectivity index (χ1n) is 5.35. The van der Waals surface area contributed by atoms with Crippen LogP contribution in [0.15, 0.2) is 15.9 Å². The van der Waals surface area contributed by atoms with Crippen LogP contribution in [-0.4, -0.2) is 35.0 Å². The van der Waals surface area contributed by atoms with Crippen LogP contribution < -0.4 is 0 Å². The van der Waals surface area contributed by atoms with Crippen LogP contribution in [0.4, 0.5) is 0 Å². The minimum Gasteiger partial charge on any atom is -0.481 e. The second kappa shape index (κ2) is 5.18. The molecule has 1 N–H and O–H groups in total. The van der Waals surface area contributed by atoms with Gasteiger partial charge in [0.1, 0.15) is 0 Å². The quantitative estimate of drug-likeness (QED) is 0.911. The maximum absolute atomic E-state index is 12.1. The van der Waals surface area contributed by atoms with Crippen molar-refractivity contribution in [3.8, 4) is 0 Å². The number of rotatable bonds is 2. The molecule has 1 fully saturated rings. The van der Waals surface area contributed by atoms with Crippen molar-refractivity contribution >= 4 is 39.1 Å². The summed E-state index contributed by atoms with van der Waals surface area (Å²) in [4.78, 5) is 25.3. The molecule has 1 amide bonds. The summed E-state index contributed by atoms with van der Waals surface area (Å²) in [5.74, 6) is -1.29. The number of carboxylic acids is 1. The number of hydrogen-bond acceptors (Lipinski definition) is 3. The van der Waals surface area contributed by atoms with Gasteiger partial charge >= 0.3 is 5.97 Å². The van der Waals surface area contributed by atoms with Crippen molar-refractivity contribution in [3.63, 3.8) is 0 Å². The van der Waals surface area contributed by atoms with Crippen molar-refractivity contribution in [2.24, 2.45) is 5.92 Å². The lowest BCUT2D eigenvalue weighted by atomic mass is 9.98. The maximum Gasteiger partial charge on any atom is 0.308 e.